The highest BCUT2D eigenvalue weighted by atomic mass is 16.5. The van der Waals surface area contributed by atoms with Gasteiger partial charge in [0.05, 0.1) is 19.3 Å². The third-order valence-corrected chi connectivity index (χ3v) is 3.48. The molecule has 0 heterocycles. The monoisotopic (exact) mass is 355 g/mol. The molecule has 0 spiro atoms. The number of carbonyl (C=O) groups is 3. The second-order valence-corrected chi connectivity index (χ2v) is 5.76. The van der Waals surface area contributed by atoms with Gasteiger partial charge in [-0.05, 0) is 49.2 Å². The number of methoxy groups -OCH3 is 1. The van der Waals surface area contributed by atoms with Gasteiger partial charge in [0.25, 0.3) is 0 Å². The van der Waals surface area contributed by atoms with Crippen LogP contribution in [0.1, 0.15) is 11.1 Å². The fourth-order valence-corrected chi connectivity index (χ4v) is 2.42. The summed E-state index contributed by atoms with van der Waals surface area (Å²) >= 11 is 0. The van der Waals surface area contributed by atoms with E-state index in [1.165, 1.54) is 7.11 Å². The first-order chi connectivity index (χ1) is 12.4. The SMILES string of the molecule is COc1ccccc1NC(=O)CNC(=O)C(=O)Nc1cc(C)cc(C)c1. The van der Waals surface area contributed by atoms with E-state index in [0.29, 0.717) is 17.1 Å². The van der Waals surface area contributed by atoms with Crippen molar-refractivity contribution in [3.05, 3.63) is 53.6 Å². The average molecular weight is 355 g/mol. The maximum atomic E-state index is 11.9. The largest absolute Gasteiger partial charge is 0.495 e. The molecule has 0 aliphatic carbocycles. The molecule has 0 bridgehead atoms. The molecular formula is C19H21N3O4. The van der Waals surface area contributed by atoms with Crippen LogP contribution in [0.15, 0.2) is 42.5 Å². The lowest BCUT2D eigenvalue weighted by Crippen LogP contribution is -2.39. The minimum Gasteiger partial charge on any atom is -0.495 e. The number of para-hydroxylation sites is 2. The Morgan fingerprint density at radius 1 is 0.923 bits per heavy atom. The third-order valence-electron chi connectivity index (χ3n) is 3.48. The number of rotatable bonds is 5. The molecule has 0 atom stereocenters. The number of carbonyl (C=O) groups excluding carboxylic acids is 3. The molecule has 136 valence electrons. The smallest absolute Gasteiger partial charge is 0.313 e. The zero-order valence-electron chi connectivity index (χ0n) is 14.9. The molecule has 0 fully saturated rings. The second-order valence-electron chi connectivity index (χ2n) is 5.76. The van der Waals surface area contributed by atoms with Crippen molar-refractivity contribution in [1.29, 1.82) is 0 Å². The van der Waals surface area contributed by atoms with Crippen LogP contribution in [-0.2, 0) is 14.4 Å². The van der Waals surface area contributed by atoms with Crippen molar-refractivity contribution < 1.29 is 19.1 Å². The van der Waals surface area contributed by atoms with Gasteiger partial charge in [-0.2, -0.15) is 0 Å². The van der Waals surface area contributed by atoms with Crippen molar-refractivity contribution in [2.45, 2.75) is 13.8 Å². The van der Waals surface area contributed by atoms with E-state index in [1.54, 1.807) is 36.4 Å². The topological polar surface area (TPSA) is 96.5 Å². The molecule has 7 heteroatoms. The summed E-state index contributed by atoms with van der Waals surface area (Å²) in [6.45, 7) is 3.45. The quantitative estimate of drug-likeness (QED) is 0.715. The van der Waals surface area contributed by atoms with E-state index >= 15 is 0 Å². The normalized spacial score (nSPS) is 9.96. The molecule has 3 N–H and O–H groups in total. The molecule has 7 nitrogen and oxygen atoms in total. The minimum absolute atomic E-state index is 0.336. The van der Waals surface area contributed by atoms with E-state index in [4.69, 9.17) is 4.74 Å². The van der Waals surface area contributed by atoms with Crippen molar-refractivity contribution in [2.24, 2.45) is 0 Å². The maximum Gasteiger partial charge on any atom is 0.313 e. The Morgan fingerprint density at radius 2 is 1.58 bits per heavy atom. The Labute approximate surface area is 151 Å². The molecule has 26 heavy (non-hydrogen) atoms. The minimum atomic E-state index is -0.890. The van der Waals surface area contributed by atoms with Crippen molar-refractivity contribution in [2.75, 3.05) is 24.3 Å². The predicted octanol–water partition coefficient (Wildman–Crippen LogP) is 2.01. The van der Waals surface area contributed by atoms with Gasteiger partial charge in [-0.1, -0.05) is 18.2 Å². The summed E-state index contributed by atoms with van der Waals surface area (Å²) in [4.78, 5) is 35.7. The number of hydrogen-bond donors (Lipinski definition) is 3. The molecule has 2 aromatic carbocycles. The van der Waals surface area contributed by atoms with Crippen LogP contribution in [0.5, 0.6) is 5.75 Å². The summed E-state index contributed by atoms with van der Waals surface area (Å²) in [5.41, 5.74) is 2.95. The van der Waals surface area contributed by atoms with E-state index in [9.17, 15) is 14.4 Å². The van der Waals surface area contributed by atoms with Crippen LogP contribution >= 0.6 is 0 Å². The van der Waals surface area contributed by atoms with Crippen LogP contribution in [-0.4, -0.2) is 31.4 Å². The number of nitrogens with one attached hydrogen (secondary N) is 3. The first kappa shape index (κ1) is 19.0. The van der Waals surface area contributed by atoms with Gasteiger partial charge in [0, 0.05) is 5.69 Å². The molecule has 2 aromatic rings. The Bertz CT molecular complexity index is 813. The van der Waals surface area contributed by atoms with Gasteiger partial charge in [0.1, 0.15) is 5.75 Å². The molecule has 2 rings (SSSR count). The highest BCUT2D eigenvalue weighted by Gasteiger charge is 2.15. The van der Waals surface area contributed by atoms with Crippen LogP contribution in [0.3, 0.4) is 0 Å². The van der Waals surface area contributed by atoms with Crippen LogP contribution < -0.4 is 20.7 Å². The van der Waals surface area contributed by atoms with Gasteiger partial charge in [0.2, 0.25) is 5.91 Å². The predicted molar refractivity (Wildman–Crippen MR) is 99.2 cm³/mol. The maximum absolute atomic E-state index is 11.9. The third kappa shape index (κ3) is 5.34. The second kappa shape index (κ2) is 8.66. The molecule has 0 aliphatic rings. The van der Waals surface area contributed by atoms with Crippen LogP contribution in [0.2, 0.25) is 0 Å². The van der Waals surface area contributed by atoms with Crippen LogP contribution in [0.25, 0.3) is 0 Å². The van der Waals surface area contributed by atoms with Crippen LogP contribution in [0.4, 0.5) is 11.4 Å². The average Bonchev–Trinajstić information content (AvgIpc) is 2.59. The van der Waals surface area contributed by atoms with Gasteiger partial charge < -0.3 is 20.7 Å². The Kier molecular flexibility index (Phi) is 6.32. The fraction of sp³-hybridized carbons (Fsp3) is 0.211. The van der Waals surface area contributed by atoms with Crippen molar-refractivity contribution in [1.82, 2.24) is 5.32 Å². The molecule has 0 unspecified atom stereocenters. The van der Waals surface area contributed by atoms with Crippen molar-refractivity contribution in [3.8, 4) is 5.75 Å². The summed E-state index contributed by atoms with van der Waals surface area (Å²) in [6.07, 6.45) is 0. The first-order valence-electron chi connectivity index (χ1n) is 7.99. The van der Waals surface area contributed by atoms with Gasteiger partial charge in [-0.25, -0.2) is 0 Å². The summed E-state index contributed by atoms with van der Waals surface area (Å²) in [7, 11) is 1.49. The highest BCUT2D eigenvalue weighted by molar-refractivity contribution is 6.39. The molecule has 0 aliphatic heterocycles. The summed E-state index contributed by atoms with van der Waals surface area (Å²) in [5.74, 6) is -1.69. The number of anilines is 2. The van der Waals surface area contributed by atoms with E-state index in [1.807, 2.05) is 19.9 Å². The van der Waals surface area contributed by atoms with Gasteiger partial charge in [-0.3, -0.25) is 14.4 Å². The number of aryl methyl sites for hydroxylation is 2. The van der Waals surface area contributed by atoms with Gasteiger partial charge >= 0.3 is 11.8 Å². The van der Waals surface area contributed by atoms with E-state index in [2.05, 4.69) is 16.0 Å². The standard InChI is InChI=1S/C19H21N3O4/c1-12-8-13(2)10-14(9-12)21-19(25)18(24)20-11-17(23)22-15-6-4-5-7-16(15)26-3/h4-10H,11H2,1-3H3,(H,20,24)(H,21,25)(H,22,23). The molecule has 3 amide bonds. The van der Waals surface area contributed by atoms with Gasteiger partial charge in [-0.15, -0.1) is 0 Å². The van der Waals surface area contributed by atoms with E-state index in [0.717, 1.165) is 11.1 Å². The number of benzene rings is 2. The van der Waals surface area contributed by atoms with E-state index < -0.39 is 17.7 Å². The fourth-order valence-electron chi connectivity index (χ4n) is 2.42. The number of hydrogen-bond acceptors (Lipinski definition) is 4. The lowest BCUT2D eigenvalue weighted by atomic mass is 10.1. The zero-order chi connectivity index (χ0) is 19.1. The lowest BCUT2D eigenvalue weighted by Gasteiger charge is -2.10. The summed E-state index contributed by atoms with van der Waals surface area (Å²) in [5, 5.41) is 7.41. The Morgan fingerprint density at radius 3 is 2.23 bits per heavy atom. The zero-order valence-corrected chi connectivity index (χ0v) is 14.9. The van der Waals surface area contributed by atoms with Crippen molar-refractivity contribution in [3.63, 3.8) is 0 Å². The van der Waals surface area contributed by atoms with E-state index in [-0.39, 0.29) is 6.54 Å². The molecule has 0 saturated heterocycles. The molecule has 0 radical (unpaired) electrons. The highest BCUT2D eigenvalue weighted by Crippen LogP contribution is 2.22. The Hall–Kier alpha value is -3.35. The molecule has 0 saturated carbocycles. The first-order valence-corrected chi connectivity index (χ1v) is 7.99. The molecule has 0 aromatic heterocycles. The van der Waals surface area contributed by atoms with Gasteiger partial charge in [0.15, 0.2) is 0 Å². The lowest BCUT2D eigenvalue weighted by molar-refractivity contribution is -0.136. The number of amides is 3. The summed E-state index contributed by atoms with van der Waals surface area (Å²) in [6, 6.07) is 12.4. The van der Waals surface area contributed by atoms with Crippen molar-refractivity contribution >= 4 is 29.1 Å². The number of ether oxygens (including phenoxy) is 1. The Balaban J connectivity index is 1.87. The molecular weight excluding hydrogens is 334 g/mol. The summed E-state index contributed by atoms with van der Waals surface area (Å²) < 4.78 is 5.13. The van der Waals surface area contributed by atoms with Crippen LogP contribution in [0, 0.1) is 13.8 Å².